The van der Waals surface area contributed by atoms with Crippen LogP contribution in [0.15, 0.2) is 54.2 Å². The van der Waals surface area contributed by atoms with Crippen LogP contribution in [0.5, 0.6) is 17.2 Å². The summed E-state index contributed by atoms with van der Waals surface area (Å²) in [6.45, 7) is 0. The Balaban J connectivity index is 1.89. The van der Waals surface area contributed by atoms with Gasteiger partial charge in [0.05, 0.1) is 38.9 Å². The van der Waals surface area contributed by atoms with Crippen LogP contribution in [0.1, 0.15) is 5.56 Å². The molecule has 1 heterocycles. The van der Waals surface area contributed by atoms with Gasteiger partial charge in [0.25, 0.3) is 5.91 Å². The molecule has 3 aromatic rings. The predicted octanol–water partition coefficient (Wildman–Crippen LogP) is 3.65. The first-order chi connectivity index (χ1) is 14.6. The van der Waals surface area contributed by atoms with Crippen molar-refractivity contribution in [2.24, 2.45) is 0 Å². The lowest BCUT2D eigenvalue weighted by Crippen LogP contribution is -2.14. The van der Waals surface area contributed by atoms with Crippen molar-refractivity contribution >= 4 is 17.7 Å². The Labute approximate surface area is 173 Å². The summed E-state index contributed by atoms with van der Waals surface area (Å²) in [4.78, 5) is 12.7. The van der Waals surface area contributed by atoms with Crippen LogP contribution in [0.4, 0.5) is 5.69 Å². The summed E-state index contributed by atoms with van der Waals surface area (Å²) < 4.78 is 15.6. The molecule has 2 aromatic carbocycles. The van der Waals surface area contributed by atoms with Gasteiger partial charge in [0, 0.05) is 17.2 Å². The van der Waals surface area contributed by atoms with Crippen LogP contribution in [0.25, 0.3) is 17.3 Å². The minimum absolute atomic E-state index is 0.0870. The van der Waals surface area contributed by atoms with Gasteiger partial charge >= 0.3 is 0 Å². The number of hydrogen-bond donors (Lipinski definition) is 2. The Morgan fingerprint density at radius 2 is 1.77 bits per heavy atom. The molecule has 0 bridgehead atoms. The molecule has 30 heavy (non-hydrogen) atoms. The fourth-order valence-electron chi connectivity index (χ4n) is 2.80. The largest absolute Gasteiger partial charge is 0.497 e. The van der Waals surface area contributed by atoms with E-state index in [1.54, 1.807) is 31.5 Å². The van der Waals surface area contributed by atoms with E-state index in [4.69, 9.17) is 14.2 Å². The third-order valence-electron chi connectivity index (χ3n) is 4.37. The molecular weight excluding hydrogens is 384 g/mol. The molecular formula is C22H20N4O4. The van der Waals surface area contributed by atoms with Gasteiger partial charge in [0.15, 0.2) is 0 Å². The van der Waals surface area contributed by atoms with E-state index in [0.29, 0.717) is 28.4 Å². The molecule has 0 saturated heterocycles. The van der Waals surface area contributed by atoms with Gasteiger partial charge in [0.1, 0.15) is 28.9 Å². The summed E-state index contributed by atoms with van der Waals surface area (Å²) in [5, 5.41) is 19.2. The third-order valence-corrected chi connectivity index (χ3v) is 4.37. The van der Waals surface area contributed by atoms with Crippen molar-refractivity contribution in [2.45, 2.75) is 0 Å². The van der Waals surface area contributed by atoms with Gasteiger partial charge in [-0.1, -0.05) is 0 Å². The lowest BCUT2D eigenvalue weighted by molar-refractivity contribution is -0.112. The zero-order valence-electron chi connectivity index (χ0n) is 16.7. The molecule has 0 aliphatic carbocycles. The van der Waals surface area contributed by atoms with E-state index in [1.807, 2.05) is 30.3 Å². The highest BCUT2D eigenvalue weighted by Gasteiger charge is 2.15. The molecule has 2 N–H and O–H groups in total. The van der Waals surface area contributed by atoms with E-state index in [2.05, 4.69) is 15.5 Å². The number of aromatic nitrogens is 2. The smallest absolute Gasteiger partial charge is 0.266 e. The highest BCUT2D eigenvalue weighted by Crippen LogP contribution is 2.30. The van der Waals surface area contributed by atoms with Crippen LogP contribution in [0.3, 0.4) is 0 Å². The quantitative estimate of drug-likeness (QED) is 0.460. The number of ether oxygens (including phenoxy) is 3. The van der Waals surface area contributed by atoms with Gasteiger partial charge in [-0.2, -0.15) is 10.4 Å². The molecule has 152 valence electrons. The van der Waals surface area contributed by atoms with Gasteiger partial charge in [0.2, 0.25) is 0 Å². The van der Waals surface area contributed by atoms with Crippen LogP contribution in [-0.2, 0) is 4.79 Å². The van der Waals surface area contributed by atoms with E-state index in [1.165, 1.54) is 20.3 Å². The standard InChI is InChI=1S/C22H20N4O4/c1-28-17-6-4-14(5-7-17)21-16(13-24-26-21)10-15(12-23)22(27)25-19-11-18(29-2)8-9-20(19)30-3/h4-11,13H,1-3H3,(H,24,26)(H,25,27). The topological polar surface area (TPSA) is 109 Å². The Hall–Kier alpha value is -4.25. The Kier molecular flexibility index (Phi) is 6.35. The Morgan fingerprint density at radius 3 is 2.40 bits per heavy atom. The summed E-state index contributed by atoms with van der Waals surface area (Å²) >= 11 is 0. The molecule has 1 aromatic heterocycles. The number of nitrogens with zero attached hydrogens (tertiary/aromatic N) is 2. The monoisotopic (exact) mass is 404 g/mol. The van der Waals surface area contributed by atoms with Gasteiger partial charge in [-0.25, -0.2) is 0 Å². The molecule has 3 rings (SSSR count). The highest BCUT2D eigenvalue weighted by atomic mass is 16.5. The first-order valence-corrected chi connectivity index (χ1v) is 8.92. The minimum atomic E-state index is -0.578. The summed E-state index contributed by atoms with van der Waals surface area (Å²) in [6.07, 6.45) is 3.03. The average molecular weight is 404 g/mol. The number of methoxy groups -OCH3 is 3. The van der Waals surface area contributed by atoms with E-state index in [-0.39, 0.29) is 5.57 Å². The number of carbonyl (C=O) groups is 1. The van der Waals surface area contributed by atoms with Crippen LogP contribution >= 0.6 is 0 Å². The van der Waals surface area contributed by atoms with Crippen molar-refractivity contribution in [1.82, 2.24) is 10.2 Å². The van der Waals surface area contributed by atoms with E-state index >= 15 is 0 Å². The van der Waals surface area contributed by atoms with E-state index in [9.17, 15) is 10.1 Å². The molecule has 0 aliphatic rings. The van der Waals surface area contributed by atoms with Gasteiger partial charge < -0.3 is 19.5 Å². The van der Waals surface area contributed by atoms with Crippen LogP contribution in [-0.4, -0.2) is 37.4 Å². The molecule has 0 aliphatic heterocycles. The van der Waals surface area contributed by atoms with Crippen molar-refractivity contribution in [2.75, 3.05) is 26.6 Å². The predicted molar refractivity (Wildman–Crippen MR) is 112 cm³/mol. The van der Waals surface area contributed by atoms with Crippen LogP contribution in [0.2, 0.25) is 0 Å². The average Bonchev–Trinajstić information content (AvgIpc) is 3.25. The van der Waals surface area contributed by atoms with Crippen LogP contribution < -0.4 is 19.5 Å². The molecule has 0 fully saturated rings. The Bertz CT molecular complexity index is 1110. The van der Waals surface area contributed by atoms with E-state index < -0.39 is 5.91 Å². The van der Waals surface area contributed by atoms with Crippen molar-refractivity contribution in [3.63, 3.8) is 0 Å². The fourth-order valence-corrected chi connectivity index (χ4v) is 2.80. The molecule has 0 spiro atoms. The first-order valence-electron chi connectivity index (χ1n) is 8.92. The van der Waals surface area contributed by atoms with E-state index in [0.717, 1.165) is 11.3 Å². The molecule has 8 heteroatoms. The number of nitriles is 1. The van der Waals surface area contributed by atoms with Crippen molar-refractivity contribution in [3.8, 4) is 34.6 Å². The molecule has 1 amide bonds. The minimum Gasteiger partial charge on any atom is -0.497 e. The second-order valence-electron chi connectivity index (χ2n) is 6.12. The lowest BCUT2D eigenvalue weighted by Gasteiger charge is -2.11. The molecule has 8 nitrogen and oxygen atoms in total. The third kappa shape index (κ3) is 4.42. The maximum atomic E-state index is 12.7. The number of H-pyrrole nitrogens is 1. The molecule has 0 atom stereocenters. The summed E-state index contributed by atoms with van der Waals surface area (Å²) in [6, 6.07) is 14.3. The Morgan fingerprint density at radius 1 is 1.07 bits per heavy atom. The van der Waals surface area contributed by atoms with Crippen molar-refractivity contribution in [1.29, 1.82) is 5.26 Å². The summed E-state index contributed by atoms with van der Waals surface area (Å²) in [5.74, 6) is 1.14. The van der Waals surface area contributed by atoms with Crippen LogP contribution in [0, 0.1) is 11.3 Å². The second-order valence-corrected chi connectivity index (χ2v) is 6.12. The molecule has 0 saturated carbocycles. The fraction of sp³-hybridized carbons (Fsp3) is 0.136. The summed E-state index contributed by atoms with van der Waals surface area (Å²) in [7, 11) is 4.60. The van der Waals surface area contributed by atoms with Gasteiger partial charge in [-0.05, 0) is 42.5 Å². The first kappa shape index (κ1) is 20.5. The number of amides is 1. The number of nitrogens with one attached hydrogen (secondary N) is 2. The number of carbonyl (C=O) groups excluding carboxylic acids is 1. The summed E-state index contributed by atoms with van der Waals surface area (Å²) in [5.41, 5.74) is 2.43. The second kappa shape index (κ2) is 9.30. The normalized spacial score (nSPS) is 10.8. The number of rotatable bonds is 7. The maximum Gasteiger partial charge on any atom is 0.266 e. The van der Waals surface area contributed by atoms with Crippen molar-refractivity contribution in [3.05, 3.63) is 59.8 Å². The van der Waals surface area contributed by atoms with Gasteiger partial charge in [-0.15, -0.1) is 0 Å². The molecule has 0 radical (unpaired) electrons. The maximum absolute atomic E-state index is 12.7. The number of anilines is 1. The molecule has 0 unspecified atom stereocenters. The lowest BCUT2D eigenvalue weighted by atomic mass is 10.1. The number of aromatic amines is 1. The number of benzene rings is 2. The zero-order valence-corrected chi connectivity index (χ0v) is 16.7. The number of hydrogen-bond acceptors (Lipinski definition) is 6. The SMILES string of the molecule is COc1ccc(-c2[nH]ncc2C=C(C#N)C(=O)Nc2cc(OC)ccc2OC)cc1. The zero-order chi connectivity index (χ0) is 21.5. The van der Waals surface area contributed by atoms with Crippen molar-refractivity contribution < 1.29 is 19.0 Å². The highest BCUT2D eigenvalue weighted by molar-refractivity contribution is 6.10. The van der Waals surface area contributed by atoms with Gasteiger partial charge in [-0.3, -0.25) is 9.89 Å².